The molecule has 0 atom stereocenters. The van der Waals surface area contributed by atoms with Crippen molar-refractivity contribution in [3.8, 4) is 0 Å². The van der Waals surface area contributed by atoms with E-state index in [1.54, 1.807) is 6.92 Å². The van der Waals surface area contributed by atoms with Crippen molar-refractivity contribution in [1.82, 2.24) is 4.98 Å². The van der Waals surface area contributed by atoms with E-state index in [1.807, 2.05) is 0 Å². The molecule has 0 aliphatic rings. The first-order valence-corrected chi connectivity index (χ1v) is 4.79. The van der Waals surface area contributed by atoms with Gasteiger partial charge in [0.2, 0.25) is 0 Å². The molecule has 17 heavy (non-hydrogen) atoms. The number of carbonyl (C=O) groups is 1. The zero-order chi connectivity index (χ0) is 12.8. The first kappa shape index (κ1) is 12.7. The van der Waals surface area contributed by atoms with E-state index in [1.165, 1.54) is 12.1 Å². The number of rotatable bonds is 5. The number of nitrogens with one attached hydrogen (secondary N) is 1. The van der Waals surface area contributed by atoms with Gasteiger partial charge in [0.1, 0.15) is 18.1 Å². The number of primary amides is 1. The fraction of sp³-hybridized carbons (Fsp3) is 0.333. The van der Waals surface area contributed by atoms with Crippen LogP contribution in [0.1, 0.15) is 5.69 Å². The van der Waals surface area contributed by atoms with Crippen molar-refractivity contribution < 1.29 is 14.5 Å². The molecule has 1 aromatic rings. The maximum absolute atomic E-state index is 10.5. The van der Waals surface area contributed by atoms with E-state index < -0.39 is 11.0 Å². The fourth-order valence-corrected chi connectivity index (χ4v) is 1.18. The van der Waals surface area contributed by atoms with Crippen LogP contribution >= 0.6 is 0 Å². The number of carbonyl (C=O) groups excluding carboxylic acids is 1. The van der Waals surface area contributed by atoms with Crippen LogP contribution in [0, 0.1) is 17.0 Å². The summed E-state index contributed by atoms with van der Waals surface area (Å²) in [5.74, 6) is 0.473. The molecule has 1 aromatic heterocycles. The Hall–Kier alpha value is -2.38. The number of hydrogen-bond acceptors (Lipinski definition) is 6. The van der Waals surface area contributed by atoms with Gasteiger partial charge >= 0.3 is 6.09 Å². The SMILES string of the molecule is Cc1nc(NCCOC(N)=O)ccc1[N+](=O)[O-]. The fourth-order valence-electron chi connectivity index (χ4n) is 1.18. The Kier molecular flexibility index (Phi) is 4.21. The van der Waals surface area contributed by atoms with Crippen LogP contribution in [0.4, 0.5) is 16.3 Å². The summed E-state index contributed by atoms with van der Waals surface area (Å²) >= 11 is 0. The molecule has 3 N–H and O–H groups in total. The first-order valence-electron chi connectivity index (χ1n) is 4.79. The van der Waals surface area contributed by atoms with E-state index in [4.69, 9.17) is 5.73 Å². The third-order valence-electron chi connectivity index (χ3n) is 1.91. The molecule has 0 radical (unpaired) electrons. The number of hydrogen-bond donors (Lipinski definition) is 2. The average Bonchev–Trinajstić information content (AvgIpc) is 2.23. The number of pyridine rings is 1. The molecule has 1 amide bonds. The summed E-state index contributed by atoms with van der Waals surface area (Å²) in [7, 11) is 0. The lowest BCUT2D eigenvalue weighted by atomic mass is 10.3. The van der Waals surface area contributed by atoms with Crippen molar-refractivity contribution in [2.75, 3.05) is 18.5 Å². The number of ether oxygens (including phenoxy) is 1. The van der Waals surface area contributed by atoms with Crippen molar-refractivity contribution in [3.63, 3.8) is 0 Å². The zero-order valence-electron chi connectivity index (χ0n) is 9.17. The number of amides is 1. The van der Waals surface area contributed by atoms with Crippen LogP contribution in [0.3, 0.4) is 0 Å². The second kappa shape index (κ2) is 5.64. The van der Waals surface area contributed by atoms with Gasteiger partial charge in [-0.1, -0.05) is 0 Å². The number of nitro groups is 1. The quantitative estimate of drug-likeness (QED) is 0.446. The van der Waals surface area contributed by atoms with Crippen LogP contribution in [-0.2, 0) is 4.74 Å². The Balaban J connectivity index is 2.53. The Labute approximate surface area is 96.9 Å². The lowest BCUT2D eigenvalue weighted by Crippen LogP contribution is -2.18. The topological polar surface area (TPSA) is 120 Å². The highest BCUT2D eigenvalue weighted by atomic mass is 16.6. The van der Waals surface area contributed by atoms with E-state index in [2.05, 4.69) is 15.0 Å². The van der Waals surface area contributed by atoms with E-state index in [0.29, 0.717) is 18.1 Å². The third-order valence-corrected chi connectivity index (χ3v) is 1.91. The minimum Gasteiger partial charge on any atom is -0.448 e. The molecule has 0 bridgehead atoms. The highest BCUT2D eigenvalue weighted by Crippen LogP contribution is 2.17. The maximum Gasteiger partial charge on any atom is 0.404 e. The van der Waals surface area contributed by atoms with Gasteiger partial charge in [0, 0.05) is 6.07 Å². The van der Waals surface area contributed by atoms with Crippen molar-refractivity contribution >= 4 is 17.6 Å². The van der Waals surface area contributed by atoms with Gasteiger partial charge in [-0.3, -0.25) is 10.1 Å². The van der Waals surface area contributed by atoms with Gasteiger partial charge in [-0.15, -0.1) is 0 Å². The van der Waals surface area contributed by atoms with Gasteiger partial charge < -0.3 is 15.8 Å². The van der Waals surface area contributed by atoms with Gasteiger partial charge in [-0.2, -0.15) is 0 Å². The van der Waals surface area contributed by atoms with Crippen LogP contribution in [0.5, 0.6) is 0 Å². The van der Waals surface area contributed by atoms with Crippen molar-refractivity contribution in [3.05, 3.63) is 27.9 Å². The normalized spacial score (nSPS) is 9.71. The van der Waals surface area contributed by atoms with E-state index in [0.717, 1.165) is 0 Å². The smallest absolute Gasteiger partial charge is 0.404 e. The van der Waals surface area contributed by atoms with Crippen molar-refractivity contribution in [1.29, 1.82) is 0 Å². The number of aryl methyl sites for hydroxylation is 1. The minimum atomic E-state index is -0.848. The Morgan fingerprint density at radius 3 is 2.88 bits per heavy atom. The van der Waals surface area contributed by atoms with Gasteiger partial charge in [0.05, 0.1) is 11.5 Å². The predicted molar refractivity (Wildman–Crippen MR) is 59.7 cm³/mol. The van der Waals surface area contributed by atoms with E-state index >= 15 is 0 Å². The largest absolute Gasteiger partial charge is 0.448 e. The summed E-state index contributed by atoms with van der Waals surface area (Å²) in [5.41, 5.74) is 5.05. The maximum atomic E-state index is 10.5. The number of aromatic nitrogens is 1. The predicted octanol–water partition coefficient (Wildman–Crippen LogP) is 0.805. The molecule has 1 rings (SSSR count). The Morgan fingerprint density at radius 1 is 1.65 bits per heavy atom. The van der Waals surface area contributed by atoms with Crippen molar-refractivity contribution in [2.45, 2.75) is 6.92 Å². The Morgan fingerprint density at radius 2 is 2.35 bits per heavy atom. The highest BCUT2D eigenvalue weighted by Gasteiger charge is 2.11. The first-order chi connectivity index (χ1) is 8.00. The summed E-state index contributed by atoms with van der Waals surface area (Å²) in [6.45, 7) is 1.98. The third kappa shape index (κ3) is 3.93. The molecule has 0 aliphatic carbocycles. The second-order valence-corrected chi connectivity index (χ2v) is 3.15. The molecule has 0 spiro atoms. The molecule has 0 unspecified atom stereocenters. The Bertz CT molecular complexity index is 435. The minimum absolute atomic E-state index is 0.0380. The zero-order valence-corrected chi connectivity index (χ0v) is 9.17. The van der Waals surface area contributed by atoms with Crippen LogP contribution in [-0.4, -0.2) is 29.2 Å². The molecule has 8 heteroatoms. The summed E-state index contributed by atoms with van der Waals surface area (Å²) in [6, 6.07) is 2.84. The van der Waals surface area contributed by atoms with Gasteiger partial charge in [-0.25, -0.2) is 9.78 Å². The molecule has 0 saturated heterocycles. The number of nitrogens with two attached hydrogens (primary N) is 1. The van der Waals surface area contributed by atoms with Crippen LogP contribution in [0.25, 0.3) is 0 Å². The average molecular weight is 240 g/mol. The van der Waals surface area contributed by atoms with E-state index in [-0.39, 0.29) is 12.3 Å². The lowest BCUT2D eigenvalue weighted by Gasteiger charge is -2.06. The number of anilines is 1. The molecule has 92 valence electrons. The highest BCUT2D eigenvalue weighted by molar-refractivity contribution is 5.64. The molecular formula is C9H12N4O4. The molecule has 0 saturated carbocycles. The van der Waals surface area contributed by atoms with Crippen LogP contribution < -0.4 is 11.1 Å². The molecule has 8 nitrogen and oxygen atoms in total. The van der Waals surface area contributed by atoms with Gasteiger partial charge in [0.25, 0.3) is 5.69 Å². The summed E-state index contributed by atoms with van der Waals surface area (Å²) in [6.07, 6.45) is -0.848. The van der Waals surface area contributed by atoms with Gasteiger partial charge in [0.15, 0.2) is 0 Å². The monoisotopic (exact) mass is 240 g/mol. The molecule has 0 fully saturated rings. The van der Waals surface area contributed by atoms with Crippen molar-refractivity contribution in [2.24, 2.45) is 5.73 Å². The molecular weight excluding hydrogens is 228 g/mol. The summed E-state index contributed by atoms with van der Waals surface area (Å²) in [4.78, 5) is 24.3. The van der Waals surface area contributed by atoms with Crippen LogP contribution in [0.15, 0.2) is 12.1 Å². The second-order valence-electron chi connectivity index (χ2n) is 3.15. The molecule has 1 heterocycles. The molecule has 0 aliphatic heterocycles. The lowest BCUT2D eigenvalue weighted by molar-refractivity contribution is -0.385. The van der Waals surface area contributed by atoms with Crippen LogP contribution in [0.2, 0.25) is 0 Å². The van der Waals surface area contributed by atoms with E-state index in [9.17, 15) is 14.9 Å². The molecule has 0 aromatic carbocycles. The number of nitrogens with zero attached hydrogens (tertiary/aromatic N) is 2. The standard InChI is InChI=1S/C9H12N4O4/c1-6-7(13(15)16)2-3-8(12-6)11-4-5-17-9(10)14/h2-3H,4-5H2,1H3,(H2,10,14)(H,11,12). The summed E-state index contributed by atoms with van der Waals surface area (Å²) in [5, 5.41) is 13.4. The van der Waals surface area contributed by atoms with Gasteiger partial charge in [-0.05, 0) is 13.0 Å². The summed E-state index contributed by atoms with van der Waals surface area (Å²) < 4.78 is 4.50.